The number of ether oxygens (including phenoxy) is 1. The van der Waals surface area contributed by atoms with Crippen molar-refractivity contribution in [3.63, 3.8) is 0 Å². The fraction of sp³-hybridized carbons (Fsp3) is 0.467. The maximum Gasteiger partial charge on any atom is 0.414 e. The second kappa shape index (κ2) is 6.66. The Balaban J connectivity index is 1.70. The molecule has 0 bridgehead atoms. The van der Waals surface area contributed by atoms with E-state index in [0.717, 1.165) is 18.2 Å². The Morgan fingerprint density at radius 1 is 1.52 bits per heavy atom. The van der Waals surface area contributed by atoms with Crippen LogP contribution in [0.3, 0.4) is 0 Å². The molecule has 8 heteroatoms. The molecule has 124 valence electrons. The van der Waals surface area contributed by atoms with Gasteiger partial charge in [-0.2, -0.15) is 0 Å². The van der Waals surface area contributed by atoms with Crippen LogP contribution in [0.15, 0.2) is 18.2 Å². The van der Waals surface area contributed by atoms with Crippen molar-refractivity contribution < 1.29 is 18.7 Å². The maximum atomic E-state index is 14.3. The van der Waals surface area contributed by atoms with Crippen molar-refractivity contribution in [2.75, 3.05) is 41.1 Å². The Labute approximate surface area is 137 Å². The molecule has 1 aromatic rings. The number of rotatable bonds is 4. The molecule has 0 unspecified atom stereocenters. The normalized spacial score (nSPS) is 20.8. The molecule has 2 heterocycles. The molecule has 0 radical (unpaired) electrons. The molecule has 0 aromatic heterocycles. The van der Waals surface area contributed by atoms with E-state index in [-0.39, 0.29) is 24.8 Å². The van der Waals surface area contributed by atoms with Gasteiger partial charge in [0.2, 0.25) is 5.91 Å². The highest BCUT2D eigenvalue weighted by atomic mass is 32.2. The Kier molecular flexibility index (Phi) is 4.61. The summed E-state index contributed by atoms with van der Waals surface area (Å²) in [7, 11) is 0. The molecule has 2 fully saturated rings. The SMILES string of the molecule is CC(=O)NC[C@H]1CN(c2ccc(N3CCSC3)c(F)c2)C(=O)O1. The Morgan fingerprint density at radius 2 is 2.35 bits per heavy atom. The van der Waals surface area contributed by atoms with Crippen molar-refractivity contribution >= 4 is 35.1 Å². The second-order valence-electron chi connectivity index (χ2n) is 5.49. The molecule has 2 saturated heterocycles. The van der Waals surface area contributed by atoms with E-state index in [1.165, 1.54) is 17.9 Å². The van der Waals surface area contributed by atoms with Crippen molar-refractivity contribution in [3.8, 4) is 0 Å². The van der Waals surface area contributed by atoms with Crippen molar-refractivity contribution in [1.82, 2.24) is 5.32 Å². The average molecular weight is 339 g/mol. The lowest BCUT2D eigenvalue weighted by molar-refractivity contribution is -0.119. The van der Waals surface area contributed by atoms with Gasteiger partial charge in [0, 0.05) is 19.2 Å². The minimum atomic E-state index is -0.524. The highest BCUT2D eigenvalue weighted by Gasteiger charge is 2.33. The number of carbonyl (C=O) groups excluding carboxylic acids is 2. The van der Waals surface area contributed by atoms with Gasteiger partial charge in [-0.15, -0.1) is 11.8 Å². The predicted molar refractivity (Wildman–Crippen MR) is 87.4 cm³/mol. The molecular weight excluding hydrogens is 321 g/mol. The number of cyclic esters (lactones) is 1. The standard InChI is InChI=1S/C15H18FN3O3S/c1-10(20)17-7-12-8-19(15(21)22-12)11-2-3-14(13(16)6-11)18-4-5-23-9-18/h2-3,6,12H,4-5,7-9H2,1H3,(H,17,20)/t12-/m0/s1. The van der Waals surface area contributed by atoms with E-state index in [0.29, 0.717) is 11.4 Å². The van der Waals surface area contributed by atoms with Gasteiger partial charge in [-0.25, -0.2) is 9.18 Å². The molecule has 2 amide bonds. The molecule has 0 aliphatic carbocycles. The first-order chi connectivity index (χ1) is 11.0. The van der Waals surface area contributed by atoms with E-state index in [2.05, 4.69) is 5.32 Å². The van der Waals surface area contributed by atoms with Crippen molar-refractivity contribution in [2.45, 2.75) is 13.0 Å². The van der Waals surface area contributed by atoms with Gasteiger partial charge in [-0.1, -0.05) is 0 Å². The largest absolute Gasteiger partial charge is 0.442 e. The molecular formula is C15H18FN3O3S. The second-order valence-corrected chi connectivity index (χ2v) is 6.56. The lowest BCUT2D eigenvalue weighted by Crippen LogP contribution is -2.33. The Morgan fingerprint density at radius 3 is 3.00 bits per heavy atom. The number of halogens is 1. The number of nitrogens with one attached hydrogen (secondary N) is 1. The fourth-order valence-corrected chi connectivity index (χ4v) is 3.59. The van der Waals surface area contributed by atoms with Crippen molar-refractivity contribution in [1.29, 1.82) is 0 Å². The van der Waals surface area contributed by atoms with Crippen LogP contribution in [0.2, 0.25) is 0 Å². The first-order valence-electron chi connectivity index (χ1n) is 7.39. The van der Waals surface area contributed by atoms with Crippen molar-refractivity contribution in [3.05, 3.63) is 24.0 Å². The molecule has 1 aromatic carbocycles. The molecule has 23 heavy (non-hydrogen) atoms. The lowest BCUT2D eigenvalue weighted by atomic mass is 10.2. The summed E-state index contributed by atoms with van der Waals surface area (Å²) in [6.07, 6.45) is -0.951. The Bertz CT molecular complexity index is 622. The van der Waals surface area contributed by atoms with E-state index in [9.17, 15) is 14.0 Å². The van der Waals surface area contributed by atoms with E-state index < -0.39 is 12.2 Å². The zero-order valence-corrected chi connectivity index (χ0v) is 13.6. The third-order valence-electron chi connectivity index (χ3n) is 3.79. The van der Waals surface area contributed by atoms with Crippen LogP contribution in [0.5, 0.6) is 0 Å². The molecule has 3 rings (SSSR count). The molecule has 0 saturated carbocycles. The molecule has 2 aliphatic heterocycles. The van der Waals surface area contributed by atoms with Gasteiger partial charge in [-0.3, -0.25) is 9.69 Å². The zero-order chi connectivity index (χ0) is 16.4. The van der Waals surface area contributed by atoms with Crippen LogP contribution in [-0.4, -0.2) is 49.4 Å². The lowest BCUT2D eigenvalue weighted by Gasteiger charge is -2.19. The van der Waals surface area contributed by atoms with Gasteiger partial charge in [0.25, 0.3) is 0 Å². The highest BCUT2D eigenvalue weighted by molar-refractivity contribution is 7.99. The summed E-state index contributed by atoms with van der Waals surface area (Å²) < 4.78 is 19.5. The van der Waals surface area contributed by atoms with E-state index >= 15 is 0 Å². The van der Waals surface area contributed by atoms with Gasteiger partial charge in [-0.05, 0) is 18.2 Å². The van der Waals surface area contributed by atoms with Crippen LogP contribution in [0.1, 0.15) is 6.92 Å². The van der Waals surface area contributed by atoms with Crippen LogP contribution < -0.4 is 15.1 Å². The summed E-state index contributed by atoms with van der Waals surface area (Å²) in [4.78, 5) is 26.2. The summed E-state index contributed by atoms with van der Waals surface area (Å²) in [6.45, 7) is 2.77. The molecule has 1 N–H and O–H groups in total. The summed E-state index contributed by atoms with van der Waals surface area (Å²) in [6, 6.07) is 4.79. The summed E-state index contributed by atoms with van der Waals surface area (Å²) >= 11 is 1.76. The number of anilines is 2. The zero-order valence-electron chi connectivity index (χ0n) is 12.8. The first kappa shape index (κ1) is 15.9. The quantitative estimate of drug-likeness (QED) is 0.906. The van der Waals surface area contributed by atoms with Gasteiger partial charge in [0.15, 0.2) is 0 Å². The Hall–Kier alpha value is -1.96. The smallest absolute Gasteiger partial charge is 0.414 e. The highest BCUT2D eigenvalue weighted by Crippen LogP contribution is 2.30. The minimum Gasteiger partial charge on any atom is -0.442 e. The molecule has 6 nitrogen and oxygen atoms in total. The van der Waals surface area contributed by atoms with Gasteiger partial charge in [0.05, 0.1) is 30.3 Å². The number of amides is 2. The van der Waals surface area contributed by atoms with Crippen LogP contribution in [0.25, 0.3) is 0 Å². The van der Waals surface area contributed by atoms with Crippen LogP contribution in [0, 0.1) is 5.82 Å². The summed E-state index contributed by atoms with van der Waals surface area (Å²) in [5.74, 6) is 1.24. The van der Waals surface area contributed by atoms with Crippen LogP contribution in [0.4, 0.5) is 20.6 Å². The topological polar surface area (TPSA) is 61.9 Å². The third kappa shape index (κ3) is 3.52. The van der Waals surface area contributed by atoms with E-state index in [1.54, 1.807) is 23.9 Å². The van der Waals surface area contributed by atoms with Gasteiger partial charge >= 0.3 is 6.09 Å². The predicted octanol–water partition coefficient (Wildman–Crippen LogP) is 1.80. The third-order valence-corrected chi connectivity index (χ3v) is 4.75. The fourth-order valence-electron chi connectivity index (χ4n) is 2.62. The first-order valence-corrected chi connectivity index (χ1v) is 8.55. The number of benzene rings is 1. The van der Waals surface area contributed by atoms with E-state index in [1.807, 2.05) is 4.90 Å². The van der Waals surface area contributed by atoms with Crippen LogP contribution in [-0.2, 0) is 9.53 Å². The minimum absolute atomic E-state index is 0.182. The molecule has 2 aliphatic rings. The van der Waals surface area contributed by atoms with E-state index in [4.69, 9.17) is 4.74 Å². The summed E-state index contributed by atoms with van der Waals surface area (Å²) in [5.41, 5.74) is 1.02. The maximum absolute atomic E-state index is 14.3. The van der Waals surface area contributed by atoms with Crippen LogP contribution >= 0.6 is 11.8 Å². The molecule has 1 atom stereocenters. The number of carbonyl (C=O) groups is 2. The average Bonchev–Trinajstić information content (AvgIpc) is 3.14. The summed E-state index contributed by atoms with van der Waals surface area (Å²) in [5, 5.41) is 2.61. The van der Waals surface area contributed by atoms with Gasteiger partial charge in [0.1, 0.15) is 11.9 Å². The number of hydrogen-bond acceptors (Lipinski definition) is 5. The number of hydrogen-bond donors (Lipinski definition) is 1. The monoisotopic (exact) mass is 339 g/mol. The van der Waals surface area contributed by atoms with Gasteiger partial charge < -0.3 is 15.0 Å². The van der Waals surface area contributed by atoms with Crippen molar-refractivity contribution in [2.24, 2.45) is 0 Å². The molecule has 0 spiro atoms. The number of thioether (sulfide) groups is 1. The number of nitrogens with zero attached hydrogens (tertiary/aromatic N) is 2.